The van der Waals surface area contributed by atoms with Crippen LogP contribution >= 0.6 is 0 Å². The van der Waals surface area contributed by atoms with Crippen LogP contribution in [0.1, 0.15) is 12.0 Å². The molecule has 2 N–H and O–H groups in total. The van der Waals surface area contributed by atoms with E-state index < -0.39 is 11.6 Å². The van der Waals surface area contributed by atoms with E-state index in [1.807, 2.05) is 17.0 Å². The smallest absolute Gasteiger partial charge is 0.191 e. The molecule has 0 radical (unpaired) electrons. The molecule has 0 spiro atoms. The highest BCUT2D eigenvalue weighted by molar-refractivity contribution is 5.80. The number of aliphatic imine (C=N–C) groups is 1. The molecule has 7 nitrogen and oxygen atoms in total. The average Bonchev–Trinajstić information content (AvgIpc) is 3.26. The van der Waals surface area contributed by atoms with Crippen molar-refractivity contribution in [1.29, 1.82) is 0 Å². The highest BCUT2D eigenvalue weighted by atomic mass is 19.1. The van der Waals surface area contributed by atoms with Gasteiger partial charge in [0.15, 0.2) is 5.96 Å². The number of rotatable bonds is 8. The zero-order valence-electron chi connectivity index (χ0n) is 18.9. The minimum atomic E-state index is -0.574. The number of hydrogen-bond acceptors (Lipinski definition) is 5. The van der Waals surface area contributed by atoms with Crippen LogP contribution in [0.4, 0.5) is 14.5 Å². The first-order valence-electron chi connectivity index (χ1n) is 10.4. The fourth-order valence-corrected chi connectivity index (χ4v) is 3.85. The monoisotopic (exact) mass is 448 g/mol. The van der Waals surface area contributed by atoms with Crippen molar-refractivity contribution in [2.24, 2.45) is 4.99 Å². The molecule has 3 rings (SSSR count). The van der Waals surface area contributed by atoms with Gasteiger partial charge in [-0.3, -0.25) is 4.99 Å². The van der Waals surface area contributed by atoms with Crippen molar-refractivity contribution in [2.75, 3.05) is 52.9 Å². The summed E-state index contributed by atoms with van der Waals surface area (Å²) in [5.74, 6) is 1.59. The summed E-state index contributed by atoms with van der Waals surface area (Å²) in [6, 6.07) is 7.42. The molecule has 1 heterocycles. The minimum Gasteiger partial charge on any atom is -0.496 e. The predicted octanol–water partition coefficient (Wildman–Crippen LogP) is 2.98. The molecular weight excluding hydrogens is 418 g/mol. The molecular formula is C23H30F2N4O3. The summed E-state index contributed by atoms with van der Waals surface area (Å²) in [6.07, 6.45) is 1.46. The minimum absolute atomic E-state index is 0.0933. The summed E-state index contributed by atoms with van der Waals surface area (Å²) in [5.41, 5.74) is 1.34. The molecule has 0 amide bonds. The van der Waals surface area contributed by atoms with Gasteiger partial charge < -0.3 is 29.7 Å². The summed E-state index contributed by atoms with van der Waals surface area (Å²) in [7, 11) is 6.53. The van der Waals surface area contributed by atoms with Gasteiger partial charge in [-0.1, -0.05) is 0 Å². The van der Waals surface area contributed by atoms with Gasteiger partial charge in [0.25, 0.3) is 0 Å². The second kappa shape index (κ2) is 10.9. The first-order chi connectivity index (χ1) is 15.5. The van der Waals surface area contributed by atoms with Gasteiger partial charge in [-0.25, -0.2) is 8.78 Å². The van der Waals surface area contributed by atoms with Crippen LogP contribution in [0.5, 0.6) is 17.2 Å². The van der Waals surface area contributed by atoms with E-state index in [2.05, 4.69) is 15.6 Å². The van der Waals surface area contributed by atoms with E-state index in [9.17, 15) is 8.78 Å². The zero-order chi connectivity index (χ0) is 23.1. The van der Waals surface area contributed by atoms with E-state index in [4.69, 9.17) is 14.2 Å². The number of hydrogen-bond donors (Lipinski definition) is 2. The normalized spacial score (nSPS) is 16.1. The Kier molecular flexibility index (Phi) is 7.97. The third-order valence-corrected chi connectivity index (χ3v) is 5.49. The number of ether oxygens (including phenoxy) is 3. The molecule has 0 bridgehead atoms. The Balaban J connectivity index is 1.56. The number of nitrogens with zero attached hydrogens (tertiary/aromatic N) is 2. The molecule has 1 atom stereocenters. The van der Waals surface area contributed by atoms with Crippen LogP contribution in [0, 0.1) is 11.6 Å². The van der Waals surface area contributed by atoms with E-state index in [1.165, 1.54) is 12.1 Å². The lowest BCUT2D eigenvalue weighted by molar-refractivity contribution is 0.368. The van der Waals surface area contributed by atoms with Gasteiger partial charge in [-0.15, -0.1) is 0 Å². The van der Waals surface area contributed by atoms with Crippen LogP contribution in [-0.4, -0.2) is 60.0 Å². The van der Waals surface area contributed by atoms with Gasteiger partial charge in [0.1, 0.15) is 28.9 Å². The molecule has 1 unspecified atom stereocenters. The molecule has 174 valence electrons. The van der Waals surface area contributed by atoms with Crippen molar-refractivity contribution in [3.05, 3.63) is 47.5 Å². The topological polar surface area (TPSA) is 67.4 Å². The van der Waals surface area contributed by atoms with Crippen molar-refractivity contribution in [2.45, 2.75) is 18.9 Å². The van der Waals surface area contributed by atoms with Crippen LogP contribution in [0.2, 0.25) is 0 Å². The van der Waals surface area contributed by atoms with Gasteiger partial charge in [0, 0.05) is 56.5 Å². The van der Waals surface area contributed by atoms with Crippen molar-refractivity contribution in [1.82, 2.24) is 10.6 Å². The zero-order valence-corrected chi connectivity index (χ0v) is 18.9. The number of guanidine groups is 1. The van der Waals surface area contributed by atoms with Gasteiger partial charge in [-0.2, -0.15) is 0 Å². The Bertz CT molecular complexity index is 930. The molecule has 2 aromatic rings. The van der Waals surface area contributed by atoms with Crippen molar-refractivity contribution in [3.63, 3.8) is 0 Å². The molecule has 1 saturated heterocycles. The molecule has 32 heavy (non-hydrogen) atoms. The average molecular weight is 449 g/mol. The van der Waals surface area contributed by atoms with Crippen LogP contribution in [0.3, 0.4) is 0 Å². The quantitative estimate of drug-likeness (QED) is 0.478. The lowest BCUT2D eigenvalue weighted by Gasteiger charge is -2.21. The highest BCUT2D eigenvalue weighted by Gasteiger charge is 2.25. The number of halogens is 2. The summed E-state index contributed by atoms with van der Waals surface area (Å²) in [4.78, 5) is 6.20. The van der Waals surface area contributed by atoms with E-state index in [0.29, 0.717) is 55.0 Å². The lowest BCUT2D eigenvalue weighted by Crippen LogP contribution is -2.45. The molecule has 1 aliphatic rings. The maximum Gasteiger partial charge on any atom is 0.191 e. The molecule has 0 aliphatic carbocycles. The second-order valence-electron chi connectivity index (χ2n) is 7.43. The fourth-order valence-electron chi connectivity index (χ4n) is 3.85. The first-order valence-corrected chi connectivity index (χ1v) is 10.4. The second-order valence-corrected chi connectivity index (χ2v) is 7.43. The van der Waals surface area contributed by atoms with Crippen LogP contribution in [0.25, 0.3) is 0 Å². The third-order valence-electron chi connectivity index (χ3n) is 5.49. The van der Waals surface area contributed by atoms with Crippen molar-refractivity contribution in [3.8, 4) is 17.2 Å². The van der Waals surface area contributed by atoms with Gasteiger partial charge >= 0.3 is 0 Å². The standard InChI is InChI=1S/C23H30F2N4O3/c1-26-23(27-9-7-18-21(31-3)12-17(30-2)13-22(18)32-4)28-16-8-10-29(14-16)20-6-5-15(24)11-19(20)25/h5-6,11-13,16H,7-10,14H2,1-4H3,(H2,26,27,28). The Morgan fingerprint density at radius 3 is 2.41 bits per heavy atom. The number of nitrogens with one attached hydrogen (secondary N) is 2. The van der Waals surface area contributed by atoms with Crippen molar-refractivity contribution < 1.29 is 23.0 Å². The van der Waals surface area contributed by atoms with Crippen LogP contribution < -0.4 is 29.7 Å². The summed E-state index contributed by atoms with van der Waals surface area (Å²) in [5, 5.41) is 6.68. The fraction of sp³-hybridized carbons (Fsp3) is 0.435. The lowest BCUT2D eigenvalue weighted by atomic mass is 10.1. The Hall–Kier alpha value is -3.23. The number of methoxy groups -OCH3 is 3. The van der Waals surface area contributed by atoms with Crippen LogP contribution in [0.15, 0.2) is 35.3 Å². The molecule has 9 heteroatoms. The molecule has 2 aromatic carbocycles. The predicted molar refractivity (Wildman–Crippen MR) is 121 cm³/mol. The first kappa shape index (κ1) is 23.4. The Labute approximate surface area is 187 Å². The SMILES string of the molecule is CN=C(NCCc1c(OC)cc(OC)cc1OC)NC1CCN(c2ccc(F)cc2F)C1. The Morgan fingerprint density at radius 2 is 1.81 bits per heavy atom. The van der Waals surface area contributed by atoms with E-state index in [1.54, 1.807) is 28.4 Å². The largest absolute Gasteiger partial charge is 0.496 e. The Morgan fingerprint density at radius 1 is 1.09 bits per heavy atom. The summed E-state index contributed by atoms with van der Waals surface area (Å²) in [6.45, 7) is 1.88. The molecule has 0 aromatic heterocycles. The van der Waals surface area contributed by atoms with E-state index in [0.717, 1.165) is 18.1 Å². The molecule has 1 aliphatic heterocycles. The van der Waals surface area contributed by atoms with Gasteiger partial charge in [0.05, 0.1) is 27.0 Å². The van der Waals surface area contributed by atoms with Crippen LogP contribution in [-0.2, 0) is 6.42 Å². The number of benzene rings is 2. The van der Waals surface area contributed by atoms with Gasteiger partial charge in [0.2, 0.25) is 0 Å². The molecule has 0 saturated carbocycles. The molecule has 1 fully saturated rings. The van der Waals surface area contributed by atoms with E-state index in [-0.39, 0.29) is 6.04 Å². The highest BCUT2D eigenvalue weighted by Crippen LogP contribution is 2.34. The van der Waals surface area contributed by atoms with E-state index >= 15 is 0 Å². The maximum absolute atomic E-state index is 14.1. The van der Waals surface area contributed by atoms with Crippen molar-refractivity contribution >= 4 is 11.6 Å². The third kappa shape index (κ3) is 5.52. The maximum atomic E-state index is 14.1. The van der Waals surface area contributed by atoms with Gasteiger partial charge in [-0.05, 0) is 25.0 Å². The summed E-state index contributed by atoms with van der Waals surface area (Å²) < 4.78 is 43.6. The number of anilines is 1. The summed E-state index contributed by atoms with van der Waals surface area (Å²) >= 11 is 0.